The van der Waals surface area contributed by atoms with Crippen LogP contribution < -0.4 is 15.4 Å². The van der Waals surface area contributed by atoms with Crippen molar-refractivity contribution in [1.82, 2.24) is 15.2 Å². The molecule has 0 spiro atoms. The minimum Gasteiger partial charge on any atom is -0.494 e. The van der Waals surface area contributed by atoms with Crippen molar-refractivity contribution in [1.29, 1.82) is 0 Å². The summed E-state index contributed by atoms with van der Waals surface area (Å²) in [6, 6.07) is 0.869. The summed E-state index contributed by atoms with van der Waals surface area (Å²) in [5.74, 6) is -2.70. The van der Waals surface area contributed by atoms with Crippen molar-refractivity contribution in [2.75, 3.05) is 19.5 Å². The number of urea groups is 1. The number of halogens is 1. The monoisotopic (exact) mass is 478 g/mol. The van der Waals surface area contributed by atoms with Crippen LogP contribution in [0.5, 0.6) is 5.75 Å². The van der Waals surface area contributed by atoms with Crippen molar-refractivity contribution >= 4 is 40.3 Å². The van der Waals surface area contributed by atoms with Crippen molar-refractivity contribution in [2.45, 2.75) is 32.4 Å². The lowest BCUT2D eigenvalue weighted by atomic mass is 10.0. The van der Waals surface area contributed by atoms with Crippen molar-refractivity contribution in [3.05, 3.63) is 40.7 Å². The summed E-state index contributed by atoms with van der Waals surface area (Å²) in [6.45, 7) is 3.68. The number of hydrogen-bond donors (Lipinski definition) is 2. The molecule has 2 heterocycles. The summed E-state index contributed by atoms with van der Waals surface area (Å²) in [4.78, 5) is 55.3. The second-order valence-corrected chi connectivity index (χ2v) is 8.51. The fraction of sp³-hybridized carbons (Fsp3) is 0.381. The maximum absolute atomic E-state index is 14.1. The van der Waals surface area contributed by atoms with Gasteiger partial charge in [0.05, 0.1) is 14.2 Å². The highest BCUT2D eigenvalue weighted by Crippen LogP contribution is 2.29. The molecule has 1 fully saturated rings. The summed E-state index contributed by atoms with van der Waals surface area (Å²) in [7, 11) is 2.52. The van der Waals surface area contributed by atoms with E-state index < -0.39 is 41.7 Å². The number of anilines is 1. The molecule has 1 aromatic heterocycles. The minimum atomic E-state index is -1.15. The first-order chi connectivity index (χ1) is 15.7. The molecular weight excluding hydrogens is 455 g/mol. The number of carbonyl (C=O) groups is 4. The van der Waals surface area contributed by atoms with E-state index >= 15 is 0 Å². The fourth-order valence-electron chi connectivity index (χ4n) is 3.37. The van der Waals surface area contributed by atoms with E-state index in [2.05, 4.69) is 20.4 Å². The highest BCUT2D eigenvalue weighted by atomic mass is 32.1. The van der Waals surface area contributed by atoms with Crippen molar-refractivity contribution < 1.29 is 33.0 Å². The molecule has 2 aromatic rings. The lowest BCUT2D eigenvalue weighted by molar-refractivity contribution is -0.134. The molecule has 33 heavy (non-hydrogen) atoms. The maximum atomic E-state index is 14.1. The Morgan fingerprint density at radius 2 is 2.03 bits per heavy atom. The van der Waals surface area contributed by atoms with Crippen LogP contribution in [0.1, 0.15) is 42.4 Å². The fourth-order valence-corrected chi connectivity index (χ4v) is 4.05. The standard InChI is InChI=1S/C21H23FN4O6S/c1-10(2)7-14(17(27)25-20-23-13(9-33-20)19(29)32-4)26-18(28)16(24-21(26)30)11-5-6-15(31-3)12(22)8-11/h5-6,8-10,14,16H,7H2,1-4H3,(H,24,30)(H,23,25,27). The number of rotatable bonds is 8. The number of carbonyl (C=O) groups excluding carboxylic acids is 4. The zero-order valence-electron chi connectivity index (χ0n) is 18.4. The summed E-state index contributed by atoms with van der Waals surface area (Å²) in [6.07, 6.45) is 0.184. The Morgan fingerprint density at radius 1 is 1.30 bits per heavy atom. The molecule has 2 unspecified atom stereocenters. The van der Waals surface area contributed by atoms with Crippen LogP contribution in [0.15, 0.2) is 23.6 Å². The Kier molecular flexibility index (Phi) is 7.26. The van der Waals surface area contributed by atoms with Gasteiger partial charge in [0.15, 0.2) is 22.4 Å². The van der Waals surface area contributed by atoms with Gasteiger partial charge in [-0.05, 0) is 30.0 Å². The number of amides is 4. The molecule has 1 aliphatic rings. The third-order valence-corrected chi connectivity index (χ3v) is 5.68. The first kappa shape index (κ1) is 24.1. The second kappa shape index (κ2) is 9.94. The molecule has 0 radical (unpaired) electrons. The average Bonchev–Trinajstić information content (AvgIpc) is 3.35. The molecule has 12 heteroatoms. The van der Waals surface area contributed by atoms with Gasteiger partial charge in [-0.15, -0.1) is 11.3 Å². The van der Waals surface area contributed by atoms with Gasteiger partial charge in [0.1, 0.15) is 12.1 Å². The van der Waals surface area contributed by atoms with Gasteiger partial charge in [0, 0.05) is 5.38 Å². The molecule has 0 saturated carbocycles. The molecule has 0 aliphatic carbocycles. The van der Waals surface area contributed by atoms with Gasteiger partial charge >= 0.3 is 12.0 Å². The summed E-state index contributed by atoms with van der Waals surface area (Å²) < 4.78 is 23.6. The Bertz CT molecular complexity index is 1090. The van der Waals surface area contributed by atoms with Crippen LogP contribution in [0, 0.1) is 11.7 Å². The van der Waals surface area contributed by atoms with Crippen LogP contribution in [0.3, 0.4) is 0 Å². The number of nitrogens with one attached hydrogen (secondary N) is 2. The maximum Gasteiger partial charge on any atom is 0.357 e. The number of benzene rings is 1. The van der Waals surface area contributed by atoms with Crippen LogP contribution in [0.4, 0.5) is 14.3 Å². The van der Waals surface area contributed by atoms with E-state index in [1.165, 1.54) is 31.7 Å². The highest BCUT2D eigenvalue weighted by Gasteiger charge is 2.45. The van der Waals surface area contributed by atoms with Crippen LogP contribution in [-0.2, 0) is 14.3 Å². The number of hydrogen-bond acceptors (Lipinski definition) is 8. The smallest absolute Gasteiger partial charge is 0.357 e. The second-order valence-electron chi connectivity index (χ2n) is 7.65. The van der Waals surface area contributed by atoms with Gasteiger partial charge in [-0.2, -0.15) is 0 Å². The molecule has 2 N–H and O–H groups in total. The highest BCUT2D eigenvalue weighted by molar-refractivity contribution is 7.14. The van der Waals surface area contributed by atoms with Gasteiger partial charge in [-0.3, -0.25) is 9.59 Å². The quantitative estimate of drug-likeness (QED) is 0.441. The number of esters is 1. The number of thiazole rings is 1. The van der Waals surface area contributed by atoms with E-state index in [1.54, 1.807) is 0 Å². The van der Waals surface area contributed by atoms with Crippen LogP contribution >= 0.6 is 11.3 Å². The van der Waals surface area contributed by atoms with E-state index in [9.17, 15) is 23.6 Å². The number of nitrogens with zero attached hydrogens (tertiary/aromatic N) is 2. The van der Waals surface area contributed by atoms with Gasteiger partial charge in [0.25, 0.3) is 5.91 Å². The molecule has 10 nitrogen and oxygen atoms in total. The lowest BCUT2D eigenvalue weighted by Crippen LogP contribution is -2.48. The third kappa shape index (κ3) is 5.11. The zero-order chi connectivity index (χ0) is 24.3. The first-order valence-corrected chi connectivity index (χ1v) is 10.9. The minimum absolute atomic E-state index is 0.000729. The Labute approximate surface area is 193 Å². The largest absolute Gasteiger partial charge is 0.494 e. The Hall–Kier alpha value is -3.54. The molecular formula is C21H23FN4O6S. The van der Waals surface area contributed by atoms with E-state index in [4.69, 9.17) is 4.74 Å². The van der Waals surface area contributed by atoms with Gasteiger partial charge < -0.3 is 20.1 Å². The summed E-state index contributed by atoms with van der Waals surface area (Å²) in [5.41, 5.74) is 0.246. The van der Waals surface area contributed by atoms with Crippen molar-refractivity contribution in [3.8, 4) is 5.75 Å². The predicted molar refractivity (Wildman–Crippen MR) is 116 cm³/mol. The number of imide groups is 1. The van der Waals surface area contributed by atoms with Crippen molar-refractivity contribution in [2.24, 2.45) is 5.92 Å². The lowest BCUT2D eigenvalue weighted by Gasteiger charge is -2.25. The molecule has 176 valence electrons. The molecule has 1 saturated heterocycles. The predicted octanol–water partition coefficient (Wildman–Crippen LogP) is 2.72. The van der Waals surface area contributed by atoms with Gasteiger partial charge in [-0.25, -0.2) is 23.9 Å². The van der Waals surface area contributed by atoms with Crippen molar-refractivity contribution in [3.63, 3.8) is 0 Å². The molecule has 0 bridgehead atoms. The molecule has 1 aromatic carbocycles. The van der Waals surface area contributed by atoms with E-state index in [0.29, 0.717) is 0 Å². The zero-order valence-corrected chi connectivity index (χ0v) is 19.2. The third-order valence-electron chi connectivity index (χ3n) is 4.92. The van der Waals surface area contributed by atoms with E-state index in [1.807, 2.05) is 13.8 Å². The molecule has 3 rings (SSSR count). The van der Waals surface area contributed by atoms with Gasteiger partial charge in [-0.1, -0.05) is 19.9 Å². The number of ether oxygens (including phenoxy) is 2. The number of aromatic nitrogens is 1. The van der Waals surface area contributed by atoms with Crippen LogP contribution in [-0.4, -0.2) is 54.0 Å². The first-order valence-electron chi connectivity index (χ1n) is 9.98. The molecule has 4 amide bonds. The Morgan fingerprint density at radius 3 is 2.64 bits per heavy atom. The van der Waals surface area contributed by atoms with E-state index in [0.717, 1.165) is 22.3 Å². The van der Waals surface area contributed by atoms with Crippen LogP contribution in [0.25, 0.3) is 0 Å². The SMILES string of the molecule is COC(=O)c1csc(NC(=O)C(CC(C)C)N2C(=O)NC(c3ccc(OC)c(F)c3)C2=O)n1. The summed E-state index contributed by atoms with van der Waals surface area (Å²) >= 11 is 1.00. The van der Waals surface area contributed by atoms with E-state index in [-0.39, 0.29) is 34.5 Å². The normalized spacial score (nSPS) is 16.5. The Balaban J connectivity index is 1.84. The molecule has 1 aliphatic heterocycles. The van der Waals surface area contributed by atoms with Crippen LogP contribution in [0.2, 0.25) is 0 Å². The summed E-state index contributed by atoms with van der Waals surface area (Å²) in [5, 5.41) is 6.60. The average molecular weight is 479 g/mol. The van der Waals surface area contributed by atoms with Gasteiger partial charge in [0.2, 0.25) is 5.91 Å². The molecule has 2 atom stereocenters. The topological polar surface area (TPSA) is 127 Å². The number of methoxy groups -OCH3 is 2.